The molecule has 0 saturated heterocycles. The van der Waals surface area contributed by atoms with E-state index in [4.69, 9.17) is 4.74 Å². The number of hydrogen-bond acceptors (Lipinski definition) is 4. The molecule has 5 heteroatoms. The monoisotopic (exact) mass is 340 g/mol. The number of nitrogens with one attached hydrogen (secondary N) is 2. The van der Waals surface area contributed by atoms with Gasteiger partial charge in [-0.25, -0.2) is 0 Å². The van der Waals surface area contributed by atoms with Crippen LogP contribution in [0.3, 0.4) is 0 Å². The van der Waals surface area contributed by atoms with Crippen molar-refractivity contribution in [1.29, 1.82) is 0 Å². The highest BCUT2D eigenvalue weighted by Crippen LogP contribution is 2.17. The zero-order chi connectivity index (χ0) is 18.1. The second-order valence-electron chi connectivity index (χ2n) is 5.75. The van der Waals surface area contributed by atoms with Crippen LogP contribution in [-0.2, 0) is 11.2 Å². The summed E-state index contributed by atoms with van der Waals surface area (Å²) in [5.74, 6) is 0.784. The van der Waals surface area contributed by atoms with Crippen molar-refractivity contribution in [3.63, 3.8) is 0 Å². The summed E-state index contributed by atoms with van der Waals surface area (Å²) in [6, 6.07) is 14.9. The molecule has 2 N–H and O–H groups in total. The van der Waals surface area contributed by atoms with Gasteiger partial charge in [-0.3, -0.25) is 9.59 Å². The van der Waals surface area contributed by atoms with Crippen molar-refractivity contribution in [2.24, 2.45) is 0 Å². The number of anilines is 1. The third-order valence-electron chi connectivity index (χ3n) is 3.85. The third kappa shape index (κ3) is 6.04. The van der Waals surface area contributed by atoms with Gasteiger partial charge in [-0.2, -0.15) is 0 Å². The highest BCUT2D eigenvalue weighted by Gasteiger charge is 2.05. The number of ketones is 1. The van der Waals surface area contributed by atoms with E-state index in [9.17, 15) is 9.59 Å². The number of methoxy groups -OCH3 is 1. The zero-order valence-corrected chi connectivity index (χ0v) is 14.7. The SMILES string of the molecule is COc1ccccc1CCNCCC(=O)Nc1cccc(C(C)=O)c1. The van der Waals surface area contributed by atoms with Gasteiger partial charge in [-0.1, -0.05) is 30.3 Å². The Morgan fingerprint density at radius 1 is 1.04 bits per heavy atom. The fourth-order valence-electron chi connectivity index (χ4n) is 2.50. The summed E-state index contributed by atoms with van der Waals surface area (Å²) in [6.07, 6.45) is 1.21. The lowest BCUT2D eigenvalue weighted by Crippen LogP contribution is -2.23. The van der Waals surface area contributed by atoms with Crippen molar-refractivity contribution in [3.05, 3.63) is 59.7 Å². The number of benzene rings is 2. The topological polar surface area (TPSA) is 67.4 Å². The van der Waals surface area contributed by atoms with Gasteiger partial charge in [0.2, 0.25) is 5.91 Å². The Labute approximate surface area is 148 Å². The van der Waals surface area contributed by atoms with E-state index in [0.717, 1.165) is 24.3 Å². The normalized spacial score (nSPS) is 10.3. The van der Waals surface area contributed by atoms with E-state index in [1.807, 2.05) is 24.3 Å². The van der Waals surface area contributed by atoms with Gasteiger partial charge in [0.05, 0.1) is 7.11 Å². The van der Waals surface area contributed by atoms with Crippen LogP contribution in [0.25, 0.3) is 0 Å². The van der Waals surface area contributed by atoms with Crippen molar-refractivity contribution < 1.29 is 14.3 Å². The maximum atomic E-state index is 12.0. The Bertz CT molecular complexity index is 728. The van der Waals surface area contributed by atoms with Crippen LogP contribution in [0.1, 0.15) is 29.3 Å². The molecule has 5 nitrogen and oxygen atoms in total. The standard InChI is InChI=1S/C20H24N2O3/c1-15(23)17-7-5-8-18(14-17)22-20(24)11-13-21-12-10-16-6-3-4-9-19(16)25-2/h3-9,14,21H,10-13H2,1-2H3,(H,22,24). The Kier molecular flexibility index (Phi) is 7.16. The average molecular weight is 340 g/mol. The molecule has 1 amide bonds. The second-order valence-corrected chi connectivity index (χ2v) is 5.75. The predicted octanol–water partition coefficient (Wildman–Crippen LogP) is 3.06. The Morgan fingerprint density at radius 3 is 2.60 bits per heavy atom. The van der Waals surface area contributed by atoms with E-state index in [1.54, 1.807) is 31.4 Å². The minimum Gasteiger partial charge on any atom is -0.496 e. The van der Waals surface area contributed by atoms with Gasteiger partial charge >= 0.3 is 0 Å². The number of carbonyl (C=O) groups is 2. The first-order valence-electron chi connectivity index (χ1n) is 8.33. The summed E-state index contributed by atoms with van der Waals surface area (Å²) in [6.45, 7) is 2.87. The fraction of sp³-hybridized carbons (Fsp3) is 0.300. The van der Waals surface area contributed by atoms with E-state index >= 15 is 0 Å². The number of para-hydroxylation sites is 1. The third-order valence-corrected chi connectivity index (χ3v) is 3.85. The van der Waals surface area contributed by atoms with E-state index in [2.05, 4.69) is 10.6 Å². The maximum Gasteiger partial charge on any atom is 0.225 e. The molecule has 0 aliphatic carbocycles. The molecule has 0 aliphatic rings. The Morgan fingerprint density at radius 2 is 1.84 bits per heavy atom. The van der Waals surface area contributed by atoms with Crippen molar-refractivity contribution in [2.45, 2.75) is 19.8 Å². The quantitative estimate of drug-likeness (QED) is 0.544. The molecule has 2 aromatic carbocycles. The molecular weight excluding hydrogens is 316 g/mol. The van der Waals surface area contributed by atoms with E-state index in [1.165, 1.54) is 6.92 Å². The van der Waals surface area contributed by atoms with Crippen LogP contribution in [0.5, 0.6) is 5.75 Å². The number of rotatable bonds is 9. The molecule has 0 unspecified atom stereocenters. The lowest BCUT2D eigenvalue weighted by Gasteiger charge is -2.09. The minimum atomic E-state index is -0.0782. The Balaban J connectivity index is 1.70. The average Bonchev–Trinajstić information content (AvgIpc) is 2.62. The van der Waals surface area contributed by atoms with Crippen molar-refractivity contribution in [1.82, 2.24) is 5.32 Å². The van der Waals surface area contributed by atoms with Crippen LogP contribution in [0.4, 0.5) is 5.69 Å². The van der Waals surface area contributed by atoms with Gasteiger partial charge in [0.15, 0.2) is 5.78 Å². The van der Waals surface area contributed by atoms with Crippen LogP contribution >= 0.6 is 0 Å². The predicted molar refractivity (Wildman–Crippen MR) is 99.3 cm³/mol. The van der Waals surface area contributed by atoms with Crippen LogP contribution in [0.2, 0.25) is 0 Å². The van der Waals surface area contributed by atoms with E-state index in [-0.39, 0.29) is 11.7 Å². The molecule has 2 aromatic rings. The lowest BCUT2D eigenvalue weighted by atomic mass is 10.1. The van der Waals surface area contributed by atoms with Crippen LogP contribution < -0.4 is 15.4 Å². The molecule has 2 rings (SSSR count). The number of hydrogen-bond donors (Lipinski definition) is 2. The van der Waals surface area contributed by atoms with E-state index in [0.29, 0.717) is 24.2 Å². The lowest BCUT2D eigenvalue weighted by molar-refractivity contribution is -0.116. The molecule has 0 saturated carbocycles. The highest BCUT2D eigenvalue weighted by molar-refractivity contribution is 5.97. The van der Waals surface area contributed by atoms with Crippen LogP contribution in [0.15, 0.2) is 48.5 Å². The number of ether oxygens (including phenoxy) is 1. The largest absolute Gasteiger partial charge is 0.496 e. The van der Waals surface area contributed by atoms with Crippen molar-refractivity contribution in [3.8, 4) is 5.75 Å². The second kappa shape index (κ2) is 9.59. The molecular formula is C20H24N2O3. The van der Waals surface area contributed by atoms with Crippen molar-refractivity contribution in [2.75, 3.05) is 25.5 Å². The van der Waals surface area contributed by atoms with Gasteiger partial charge < -0.3 is 15.4 Å². The molecule has 0 radical (unpaired) electrons. The molecule has 0 aliphatic heterocycles. The first kappa shape index (κ1) is 18.7. The smallest absolute Gasteiger partial charge is 0.225 e. The summed E-state index contributed by atoms with van der Waals surface area (Å²) in [7, 11) is 1.66. The summed E-state index contributed by atoms with van der Waals surface area (Å²) in [4.78, 5) is 23.3. The van der Waals surface area contributed by atoms with Gasteiger partial charge in [0.1, 0.15) is 5.75 Å². The number of carbonyl (C=O) groups excluding carboxylic acids is 2. The number of Topliss-reactive ketones (excluding diaryl/α,β-unsaturated/α-hetero) is 1. The molecule has 0 spiro atoms. The Hall–Kier alpha value is -2.66. The van der Waals surface area contributed by atoms with Gasteiger partial charge in [-0.15, -0.1) is 0 Å². The molecule has 0 bridgehead atoms. The first-order valence-corrected chi connectivity index (χ1v) is 8.33. The molecule has 0 fully saturated rings. The van der Waals surface area contributed by atoms with Crippen LogP contribution in [0, 0.1) is 0 Å². The molecule has 25 heavy (non-hydrogen) atoms. The molecule has 132 valence electrons. The van der Waals surface area contributed by atoms with Crippen LogP contribution in [-0.4, -0.2) is 31.9 Å². The highest BCUT2D eigenvalue weighted by atomic mass is 16.5. The molecule has 0 heterocycles. The maximum absolute atomic E-state index is 12.0. The summed E-state index contributed by atoms with van der Waals surface area (Å²) in [5.41, 5.74) is 2.38. The fourth-order valence-corrected chi connectivity index (χ4v) is 2.50. The van der Waals surface area contributed by atoms with Gasteiger partial charge in [0.25, 0.3) is 0 Å². The summed E-state index contributed by atoms with van der Waals surface area (Å²) < 4.78 is 5.32. The van der Waals surface area contributed by atoms with Crippen molar-refractivity contribution >= 4 is 17.4 Å². The minimum absolute atomic E-state index is 0.0193. The molecule has 0 aromatic heterocycles. The molecule has 0 atom stereocenters. The number of amides is 1. The summed E-state index contributed by atoms with van der Waals surface area (Å²) >= 11 is 0. The first-order chi connectivity index (χ1) is 12.1. The van der Waals surface area contributed by atoms with E-state index < -0.39 is 0 Å². The zero-order valence-electron chi connectivity index (χ0n) is 14.7. The summed E-state index contributed by atoms with van der Waals surface area (Å²) in [5, 5.41) is 6.07. The van der Waals surface area contributed by atoms with Gasteiger partial charge in [0, 0.05) is 24.2 Å². The van der Waals surface area contributed by atoms with Gasteiger partial charge in [-0.05, 0) is 43.7 Å².